The van der Waals surface area contributed by atoms with Crippen LogP contribution in [0.2, 0.25) is 0 Å². The van der Waals surface area contributed by atoms with Crippen LogP contribution in [0.3, 0.4) is 0 Å². The molecular weight excluding hydrogens is 284 g/mol. The van der Waals surface area contributed by atoms with E-state index in [-0.39, 0.29) is 17.9 Å². The van der Waals surface area contributed by atoms with Crippen LogP contribution < -0.4 is 0 Å². The summed E-state index contributed by atoms with van der Waals surface area (Å²) in [5.41, 5.74) is -0.217. The molecule has 1 atom stereocenters. The van der Waals surface area contributed by atoms with Crippen LogP contribution in [-0.2, 0) is 16.0 Å². The quantitative estimate of drug-likeness (QED) is 0.773. The third-order valence-corrected chi connectivity index (χ3v) is 4.39. The van der Waals surface area contributed by atoms with Crippen molar-refractivity contribution in [2.45, 2.75) is 39.0 Å². The van der Waals surface area contributed by atoms with Gasteiger partial charge in [-0.3, -0.25) is 9.89 Å². The summed E-state index contributed by atoms with van der Waals surface area (Å²) >= 11 is 0. The van der Waals surface area contributed by atoms with Gasteiger partial charge in [0, 0.05) is 45.1 Å². The van der Waals surface area contributed by atoms with E-state index in [0.717, 1.165) is 31.6 Å². The molecule has 0 spiro atoms. The zero-order valence-corrected chi connectivity index (χ0v) is 13.5. The Morgan fingerprint density at radius 3 is 3.00 bits per heavy atom. The minimum atomic E-state index is -0.217. The zero-order valence-electron chi connectivity index (χ0n) is 13.5. The number of nitrogens with one attached hydrogen (secondary N) is 1. The van der Waals surface area contributed by atoms with Crippen molar-refractivity contribution in [2.24, 2.45) is 5.41 Å². The number of rotatable bonds is 7. The molecule has 1 aliphatic heterocycles. The average Bonchev–Trinajstić information content (AvgIpc) is 2.96. The van der Waals surface area contributed by atoms with Crippen molar-refractivity contribution in [3.8, 4) is 0 Å². The van der Waals surface area contributed by atoms with Crippen molar-refractivity contribution >= 4 is 5.91 Å². The lowest BCUT2D eigenvalue weighted by molar-refractivity contribution is -0.136. The lowest BCUT2D eigenvalue weighted by Crippen LogP contribution is -2.48. The molecule has 2 rings (SSSR count). The first kappa shape index (κ1) is 16.9. The van der Waals surface area contributed by atoms with Crippen molar-refractivity contribution in [3.63, 3.8) is 0 Å². The Balaban J connectivity index is 1.88. The number of ether oxygens (including phenoxy) is 1. The minimum absolute atomic E-state index is 0.0975. The summed E-state index contributed by atoms with van der Waals surface area (Å²) in [5.74, 6) is 1.55. The molecule has 2 heterocycles. The second-order valence-electron chi connectivity index (χ2n) is 6.16. The van der Waals surface area contributed by atoms with Crippen LogP contribution in [0, 0.1) is 12.3 Å². The van der Waals surface area contributed by atoms with Gasteiger partial charge in [-0.05, 0) is 26.2 Å². The van der Waals surface area contributed by atoms with Gasteiger partial charge in [0.25, 0.3) is 0 Å². The van der Waals surface area contributed by atoms with Crippen LogP contribution in [0.25, 0.3) is 0 Å². The number of hydrogen-bond donors (Lipinski definition) is 2. The van der Waals surface area contributed by atoms with Gasteiger partial charge in [-0.15, -0.1) is 0 Å². The van der Waals surface area contributed by atoms with Crippen molar-refractivity contribution in [3.05, 3.63) is 11.6 Å². The number of nitrogens with zero attached hydrogens (tertiary/aromatic N) is 3. The molecule has 1 fully saturated rings. The van der Waals surface area contributed by atoms with Crippen LogP contribution in [0.4, 0.5) is 0 Å². The van der Waals surface area contributed by atoms with Gasteiger partial charge in [0.05, 0.1) is 6.61 Å². The van der Waals surface area contributed by atoms with Gasteiger partial charge < -0.3 is 14.7 Å². The van der Waals surface area contributed by atoms with E-state index in [1.807, 2.05) is 11.8 Å². The Bertz CT molecular complexity index is 491. The Labute approximate surface area is 131 Å². The number of aryl methyl sites for hydroxylation is 2. The van der Waals surface area contributed by atoms with E-state index < -0.39 is 0 Å². The Morgan fingerprint density at radius 2 is 2.36 bits per heavy atom. The molecule has 0 bridgehead atoms. The van der Waals surface area contributed by atoms with Gasteiger partial charge in [-0.2, -0.15) is 5.10 Å². The number of piperidine rings is 1. The summed E-state index contributed by atoms with van der Waals surface area (Å²) in [7, 11) is 1.66. The van der Waals surface area contributed by atoms with Gasteiger partial charge >= 0.3 is 0 Å². The van der Waals surface area contributed by atoms with Crippen molar-refractivity contribution in [1.82, 2.24) is 20.1 Å². The minimum Gasteiger partial charge on any atom is -0.396 e. The molecule has 7 heteroatoms. The smallest absolute Gasteiger partial charge is 0.223 e. The molecule has 1 aromatic heterocycles. The highest BCUT2D eigenvalue weighted by atomic mass is 16.5. The van der Waals surface area contributed by atoms with Gasteiger partial charge in [0.2, 0.25) is 5.91 Å². The molecule has 2 N–H and O–H groups in total. The summed E-state index contributed by atoms with van der Waals surface area (Å²) < 4.78 is 5.14. The molecule has 1 aromatic rings. The van der Waals surface area contributed by atoms with Crippen LogP contribution >= 0.6 is 0 Å². The lowest BCUT2D eigenvalue weighted by atomic mass is 9.78. The monoisotopic (exact) mass is 310 g/mol. The maximum Gasteiger partial charge on any atom is 0.223 e. The predicted octanol–water partition coefficient (Wildman–Crippen LogP) is 0.683. The Kier molecular flexibility index (Phi) is 5.90. The third kappa shape index (κ3) is 4.27. The molecule has 0 aromatic carbocycles. The molecule has 1 saturated heterocycles. The van der Waals surface area contributed by atoms with E-state index in [1.165, 1.54) is 0 Å². The molecule has 1 amide bonds. The maximum absolute atomic E-state index is 12.4. The van der Waals surface area contributed by atoms with E-state index in [1.54, 1.807) is 7.11 Å². The summed E-state index contributed by atoms with van der Waals surface area (Å²) in [5, 5.41) is 16.6. The topological polar surface area (TPSA) is 91.3 Å². The fourth-order valence-electron chi connectivity index (χ4n) is 3.03. The number of H-pyrrole nitrogens is 1. The predicted molar refractivity (Wildman–Crippen MR) is 81.3 cm³/mol. The number of aliphatic hydroxyl groups excluding tert-OH is 1. The van der Waals surface area contributed by atoms with Gasteiger partial charge in [-0.1, -0.05) is 0 Å². The Morgan fingerprint density at radius 1 is 1.55 bits per heavy atom. The van der Waals surface area contributed by atoms with Crippen LogP contribution in [0.15, 0.2) is 0 Å². The maximum atomic E-state index is 12.4. The molecule has 0 radical (unpaired) electrons. The lowest BCUT2D eigenvalue weighted by Gasteiger charge is -2.42. The highest BCUT2D eigenvalue weighted by molar-refractivity contribution is 5.76. The standard InChI is InChI=1S/C15H26N4O3/c1-12-16-13(18-17-12)4-5-14(21)19-8-3-6-15(10-19,11-20)7-9-22-2/h20H,3-11H2,1-2H3,(H,16,17,18)/t15-/m1/s1. The van der Waals surface area contributed by atoms with Crippen molar-refractivity contribution in [1.29, 1.82) is 0 Å². The highest BCUT2D eigenvalue weighted by Crippen LogP contribution is 2.33. The first-order valence-corrected chi connectivity index (χ1v) is 7.84. The number of hydrogen-bond acceptors (Lipinski definition) is 5. The fourth-order valence-corrected chi connectivity index (χ4v) is 3.03. The zero-order chi connectivity index (χ0) is 16.0. The summed E-state index contributed by atoms with van der Waals surface area (Å²) in [4.78, 5) is 18.5. The second kappa shape index (κ2) is 7.69. The summed E-state index contributed by atoms with van der Waals surface area (Å²) in [6, 6.07) is 0. The fraction of sp³-hybridized carbons (Fsp3) is 0.800. The highest BCUT2D eigenvalue weighted by Gasteiger charge is 2.36. The first-order valence-electron chi connectivity index (χ1n) is 7.84. The number of methoxy groups -OCH3 is 1. The molecule has 7 nitrogen and oxygen atoms in total. The molecular formula is C15H26N4O3. The molecule has 22 heavy (non-hydrogen) atoms. The van der Waals surface area contributed by atoms with Gasteiger partial charge in [0.15, 0.2) is 5.82 Å². The van der Waals surface area contributed by atoms with Crippen molar-refractivity contribution < 1.29 is 14.6 Å². The molecule has 0 unspecified atom stereocenters. The number of aromatic amines is 1. The molecule has 0 aliphatic carbocycles. The van der Waals surface area contributed by atoms with Gasteiger partial charge in [0.1, 0.15) is 5.82 Å². The number of aromatic nitrogens is 3. The molecule has 1 aliphatic rings. The van der Waals surface area contributed by atoms with Gasteiger partial charge in [-0.25, -0.2) is 4.98 Å². The van der Waals surface area contributed by atoms with E-state index in [4.69, 9.17) is 4.74 Å². The van der Waals surface area contributed by atoms with Crippen LogP contribution in [0.5, 0.6) is 0 Å². The SMILES string of the molecule is COCC[C@]1(CO)CCCN(C(=O)CCc2n[nH]c(C)n2)C1. The number of amides is 1. The average molecular weight is 310 g/mol. The number of aliphatic hydroxyl groups is 1. The third-order valence-electron chi connectivity index (χ3n) is 4.39. The van der Waals surface area contributed by atoms with Crippen LogP contribution in [-0.4, -0.2) is 64.5 Å². The van der Waals surface area contributed by atoms with E-state index in [0.29, 0.717) is 31.8 Å². The van der Waals surface area contributed by atoms with Crippen LogP contribution in [0.1, 0.15) is 37.3 Å². The number of carbonyl (C=O) groups is 1. The molecule has 0 saturated carbocycles. The van der Waals surface area contributed by atoms with E-state index >= 15 is 0 Å². The second-order valence-corrected chi connectivity index (χ2v) is 6.16. The summed E-state index contributed by atoms with van der Waals surface area (Å²) in [6.07, 6.45) is 3.60. The number of likely N-dealkylation sites (tertiary alicyclic amines) is 1. The first-order chi connectivity index (χ1) is 10.6. The largest absolute Gasteiger partial charge is 0.396 e. The normalized spacial score (nSPS) is 22.0. The number of carbonyl (C=O) groups excluding carboxylic acids is 1. The van der Waals surface area contributed by atoms with E-state index in [2.05, 4.69) is 15.2 Å². The Hall–Kier alpha value is -1.47. The van der Waals surface area contributed by atoms with E-state index in [9.17, 15) is 9.90 Å². The molecule has 124 valence electrons. The van der Waals surface area contributed by atoms with Crippen molar-refractivity contribution in [2.75, 3.05) is 33.4 Å². The summed E-state index contributed by atoms with van der Waals surface area (Å²) in [6.45, 7) is 3.92.